The molecule has 23 heavy (non-hydrogen) atoms. The van der Waals surface area contributed by atoms with E-state index in [-0.39, 0.29) is 12.5 Å². The van der Waals surface area contributed by atoms with E-state index in [0.29, 0.717) is 9.23 Å². The summed E-state index contributed by atoms with van der Waals surface area (Å²) in [6, 6.07) is 3.96. The third kappa shape index (κ3) is 4.30. The molecular formula is C17H17NO3S2. The Kier molecular flexibility index (Phi) is 5.74. The summed E-state index contributed by atoms with van der Waals surface area (Å²) < 4.78 is 5.92. The zero-order valence-corrected chi connectivity index (χ0v) is 14.8. The highest BCUT2D eigenvalue weighted by Crippen LogP contribution is 2.28. The summed E-state index contributed by atoms with van der Waals surface area (Å²) in [5.41, 5.74) is 3.80. The molecule has 1 fully saturated rings. The van der Waals surface area contributed by atoms with Gasteiger partial charge in [-0.15, -0.1) is 0 Å². The van der Waals surface area contributed by atoms with Crippen LogP contribution in [0.15, 0.2) is 28.7 Å². The van der Waals surface area contributed by atoms with Crippen molar-refractivity contribution in [1.29, 1.82) is 0 Å². The number of allylic oxidation sites excluding steroid dienone is 2. The van der Waals surface area contributed by atoms with Gasteiger partial charge in [0.25, 0.3) is 5.91 Å². The number of carbonyl (C=O) groups is 2. The van der Waals surface area contributed by atoms with Crippen molar-refractivity contribution in [2.75, 3.05) is 6.61 Å². The smallest absolute Gasteiger partial charge is 0.263 e. The van der Waals surface area contributed by atoms with Crippen molar-refractivity contribution >= 4 is 46.6 Å². The van der Waals surface area contributed by atoms with Crippen LogP contribution >= 0.6 is 24.0 Å². The molecule has 4 nitrogen and oxygen atoms in total. The minimum Gasteiger partial charge on any atom is -0.486 e. The number of nitrogens with one attached hydrogen (secondary N) is 1. The lowest BCUT2D eigenvalue weighted by Crippen LogP contribution is -2.18. The van der Waals surface area contributed by atoms with E-state index in [1.807, 2.05) is 45.1 Å². The van der Waals surface area contributed by atoms with E-state index >= 15 is 0 Å². The minimum atomic E-state index is -0.146. The van der Waals surface area contributed by atoms with E-state index in [0.717, 1.165) is 34.3 Å². The van der Waals surface area contributed by atoms with Crippen LogP contribution in [0.3, 0.4) is 0 Å². The molecule has 2 rings (SSSR count). The first-order valence-corrected chi connectivity index (χ1v) is 8.24. The molecular weight excluding hydrogens is 330 g/mol. The second kappa shape index (κ2) is 7.57. The van der Waals surface area contributed by atoms with Gasteiger partial charge in [-0.25, -0.2) is 0 Å². The summed E-state index contributed by atoms with van der Waals surface area (Å²) in [6.45, 7) is 5.81. The van der Waals surface area contributed by atoms with Crippen molar-refractivity contribution in [3.05, 3.63) is 45.4 Å². The van der Waals surface area contributed by atoms with Gasteiger partial charge in [-0.2, -0.15) is 0 Å². The normalized spacial score (nSPS) is 16.7. The quantitative estimate of drug-likeness (QED) is 0.503. The molecule has 1 saturated heterocycles. The first-order valence-electron chi connectivity index (χ1n) is 7.02. The maximum atomic E-state index is 11.7. The van der Waals surface area contributed by atoms with Crippen LogP contribution in [0, 0.1) is 13.8 Å². The molecule has 0 bridgehead atoms. The summed E-state index contributed by atoms with van der Waals surface area (Å²) >= 11 is 6.27. The Morgan fingerprint density at radius 3 is 2.52 bits per heavy atom. The standard InChI is InChI=1S/C17H17NO3S2/c1-10(15-16(20)18-17(22)23-15)4-5-13-8-11(2)14(12(3)9-13)21-7-6-19/h4-6,8-9H,7H2,1-3H3,(H,18,20,22). The van der Waals surface area contributed by atoms with Gasteiger partial charge in [0.05, 0.1) is 4.91 Å². The molecule has 0 spiro atoms. The fraction of sp³-hybridized carbons (Fsp3) is 0.235. The Bertz CT molecular complexity index is 712. The number of aryl methyl sites for hydroxylation is 2. The van der Waals surface area contributed by atoms with E-state index in [1.165, 1.54) is 11.8 Å². The van der Waals surface area contributed by atoms with Crippen LogP contribution in [0.2, 0.25) is 0 Å². The molecule has 1 aromatic carbocycles. The molecule has 0 aliphatic carbocycles. The molecule has 0 unspecified atom stereocenters. The van der Waals surface area contributed by atoms with Gasteiger partial charge in [0.15, 0.2) is 6.29 Å². The molecule has 1 aromatic rings. The van der Waals surface area contributed by atoms with Gasteiger partial charge in [-0.05, 0) is 55.2 Å². The molecule has 1 heterocycles. The van der Waals surface area contributed by atoms with Gasteiger partial charge in [0.2, 0.25) is 0 Å². The molecule has 0 radical (unpaired) electrons. The third-order valence-electron chi connectivity index (χ3n) is 3.28. The first kappa shape index (κ1) is 17.4. The zero-order valence-electron chi connectivity index (χ0n) is 13.1. The summed E-state index contributed by atoms with van der Waals surface area (Å²) in [6.07, 6.45) is 4.58. The predicted octanol–water partition coefficient (Wildman–Crippen LogP) is 3.32. The number of aldehydes is 1. The number of thiocarbonyl (C=S) groups is 1. The highest BCUT2D eigenvalue weighted by molar-refractivity contribution is 8.26. The van der Waals surface area contributed by atoms with Crippen molar-refractivity contribution < 1.29 is 14.3 Å². The largest absolute Gasteiger partial charge is 0.486 e. The van der Waals surface area contributed by atoms with Gasteiger partial charge in [0, 0.05) is 0 Å². The topological polar surface area (TPSA) is 55.4 Å². The van der Waals surface area contributed by atoms with E-state index in [2.05, 4.69) is 5.32 Å². The Morgan fingerprint density at radius 1 is 1.35 bits per heavy atom. The lowest BCUT2D eigenvalue weighted by Gasteiger charge is -2.11. The van der Waals surface area contributed by atoms with Crippen LogP contribution in [0.5, 0.6) is 5.75 Å². The maximum Gasteiger partial charge on any atom is 0.263 e. The Morgan fingerprint density at radius 2 is 2.00 bits per heavy atom. The first-order chi connectivity index (χ1) is 10.9. The molecule has 6 heteroatoms. The summed E-state index contributed by atoms with van der Waals surface area (Å²) in [5, 5.41) is 2.61. The van der Waals surface area contributed by atoms with Crippen LogP contribution in [0.25, 0.3) is 6.08 Å². The Balaban J connectivity index is 2.23. The van der Waals surface area contributed by atoms with Crippen molar-refractivity contribution in [3.63, 3.8) is 0 Å². The average molecular weight is 347 g/mol. The van der Waals surface area contributed by atoms with E-state index in [9.17, 15) is 9.59 Å². The van der Waals surface area contributed by atoms with Gasteiger partial charge >= 0.3 is 0 Å². The van der Waals surface area contributed by atoms with Crippen molar-refractivity contribution in [1.82, 2.24) is 5.32 Å². The van der Waals surface area contributed by atoms with Gasteiger partial charge in [-0.3, -0.25) is 9.59 Å². The fourth-order valence-corrected chi connectivity index (χ4v) is 3.34. The number of rotatable bonds is 5. The van der Waals surface area contributed by atoms with Crippen molar-refractivity contribution in [2.24, 2.45) is 0 Å². The molecule has 0 saturated carbocycles. The molecule has 0 aromatic heterocycles. The average Bonchev–Trinajstić information content (AvgIpc) is 2.83. The molecule has 1 N–H and O–H groups in total. The number of carbonyl (C=O) groups excluding carboxylic acids is 2. The minimum absolute atomic E-state index is 0.0499. The van der Waals surface area contributed by atoms with Crippen molar-refractivity contribution in [3.8, 4) is 5.75 Å². The number of thioether (sulfide) groups is 1. The molecule has 1 aliphatic rings. The number of amides is 1. The number of hydrogen-bond acceptors (Lipinski definition) is 5. The Hall–Kier alpha value is -1.92. The van der Waals surface area contributed by atoms with Crippen LogP contribution in [-0.4, -0.2) is 23.1 Å². The molecule has 1 aliphatic heterocycles. The monoisotopic (exact) mass is 347 g/mol. The predicted molar refractivity (Wildman–Crippen MR) is 97.5 cm³/mol. The maximum absolute atomic E-state index is 11.7. The summed E-state index contributed by atoms with van der Waals surface area (Å²) in [7, 11) is 0. The van der Waals surface area contributed by atoms with Gasteiger partial charge in [-0.1, -0.05) is 36.1 Å². The van der Waals surface area contributed by atoms with E-state index in [1.54, 1.807) is 0 Å². The highest BCUT2D eigenvalue weighted by Gasteiger charge is 2.23. The number of hydrogen-bond donors (Lipinski definition) is 1. The van der Waals surface area contributed by atoms with E-state index in [4.69, 9.17) is 17.0 Å². The summed E-state index contributed by atoms with van der Waals surface area (Å²) in [4.78, 5) is 22.8. The third-order valence-corrected chi connectivity index (χ3v) is 4.63. The highest BCUT2D eigenvalue weighted by atomic mass is 32.2. The second-order valence-electron chi connectivity index (χ2n) is 5.15. The zero-order chi connectivity index (χ0) is 17.0. The fourth-order valence-electron chi connectivity index (χ4n) is 2.30. The Labute approximate surface area is 145 Å². The lowest BCUT2D eigenvalue weighted by molar-refractivity contribution is -0.115. The van der Waals surface area contributed by atoms with Crippen molar-refractivity contribution in [2.45, 2.75) is 20.8 Å². The molecule has 120 valence electrons. The van der Waals surface area contributed by atoms with E-state index < -0.39 is 0 Å². The SMILES string of the molecule is CC(C=Cc1cc(C)c(OCC=O)c(C)c1)=C1SC(=S)NC1=O. The molecule has 0 atom stereocenters. The van der Waals surface area contributed by atoms with Crippen LogP contribution < -0.4 is 10.1 Å². The number of ether oxygens (including phenoxy) is 1. The number of benzene rings is 1. The van der Waals surface area contributed by atoms with Crippen LogP contribution in [0.4, 0.5) is 0 Å². The van der Waals surface area contributed by atoms with Crippen LogP contribution in [-0.2, 0) is 9.59 Å². The summed E-state index contributed by atoms with van der Waals surface area (Å²) in [5.74, 6) is 0.590. The molecule has 1 amide bonds. The van der Waals surface area contributed by atoms with Gasteiger partial charge in [0.1, 0.15) is 16.7 Å². The lowest BCUT2D eigenvalue weighted by atomic mass is 10.0. The van der Waals surface area contributed by atoms with Crippen LogP contribution in [0.1, 0.15) is 23.6 Å². The second-order valence-corrected chi connectivity index (χ2v) is 6.84. The van der Waals surface area contributed by atoms with Gasteiger partial charge < -0.3 is 10.1 Å².